The molecule has 22 heavy (non-hydrogen) atoms. The number of rotatable bonds is 5. The Morgan fingerprint density at radius 2 is 1.86 bits per heavy atom. The van der Waals surface area contributed by atoms with Crippen LogP contribution in [-0.2, 0) is 12.8 Å². The summed E-state index contributed by atoms with van der Waals surface area (Å²) in [5, 5.41) is 9.92. The van der Waals surface area contributed by atoms with Crippen LogP contribution in [0.2, 0.25) is 0 Å². The molecular weight excluding hydrogens is 274 g/mol. The van der Waals surface area contributed by atoms with Crippen molar-refractivity contribution in [1.29, 1.82) is 5.26 Å². The molecule has 0 aliphatic carbocycles. The summed E-state index contributed by atoms with van der Waals surface area (Å²) >= 11 is 0. The van der Waals surface area contributed by atoms with Gasteiger partial charge in [0.15, 0.2) is 0 Å². The third-order valence-electron chi connectivity index (χ3n) is 3.74. The normalized spacial score (nSPS) is 10.5. The molecule has 3 aromatic rings. The minimum atomic E-state index is 0.665. The molecule has 110 valence electrons. The van der Waals surface area contributed by atoms with Crippen LogP contribution in [0.25, 0.3) is 11.0 Å². The number of methoxy groups -OCH3 is 1. The molecule has 0 bridgehead atoms. The first-order valence-corrected chi connectivity index (χ1v) is 7.34. The van der Waals surface area contributed by atoms with Crippen LogP contribution >= 0.6 is 0 Å². The quantitative estimate of drug-likeness (QED) is 0.696. The first kappa shape index (κ1) is 14.2. The Balaban J connectivity index is 1.62. The number of nitrogens with zero attached hydrogens (tertiary/aromatic N) is 1. The monoisotopic (exact) mass is 291 g/mol. The molecule has 0 saturated heterocycles. The Morgan fingerprint density at radius 3 is 2.59 bits per heavy atom. The van der Waals surface area contributed by atoms with Crippen molar-refractivity contribution in [1.82, 2.24) is 0 Å². The number of hydrogen-bond acceptors (Lipinski definition) is 3. The van der Waals surface area contributed by atoms with E-state index in [-0.39, 0.29) is 0 Å². The second kappa shape index (κ2) is 6.36. The maximum absolute atomic E-state index is 8.92. The summed E-state index contributed by atoms with van der Waals surface area (Å²) in [6.07, 6.45) is 2.92. The zero-order valence-electron chi connectivity index (χ0n) is 12.5. The summed E-state index contributed by atoms with van der Waals surface area (Å²) in [6.45, 7) is 0. The van der Waals surface area contributed by atoms with E-state index in [0.717, 1.165) is 41.7 Å². The maximum Gasteiger partial charge on any atom is 0.134 e. The number of ether oxygens (including phenoxy) is 1. The van der Waals surface area contributed by atoms with E-state index in [1.807, 2.05) is 30.3 Å². The van der Waals surface area contributed by atoms with Gasteiger partial charge >= 0.3 is 0 Å². The SMILES string of the molecule is COc1ccc(CCCc2cc3cc(C#N)ccc3o2)cc1. The van der Waals surface area contributed by atoms with Crippen molar-refractivity contribution in [2.24, 2.45) is 0 Å². The Hall–Kier alpha value is -2.73. The summed E-state index contributed by atoms with van der Waals surface area (Å²) in [7, 11) is 1.67. The van der Waals surface area contributed by atoms with Crippen LogP contribution < -0.4 is 4.74 Å². The molecule has 0 N–H and O–H groups in total. The fourth-order valence-electron chi connectivity index (χ4n) is 2.55. The zero-order chi connectivity index (χ0) is 15.4. The molecule has 0 aliphatic rings. The van der Waals surface area contributed by atoms with Crippen molar-refractivity contribution >= 4 is 11.0 Å². The van der Waals surface area contributed by atoms with Crippen molar-refractivity contribution in [3.05, 3.63) is 65.4 Å². The van der Waals surface area contributed by atoms with Gasteiger partial charge in [0.1, 0.15) is 17.1 Å². The minimum absolute atomic E-state index is 0.665. The van der Waals surface area contributed by atoms with E-state index in [1.54, 1.807) is 13.2 Å². The Kier molecular flexibility index (Phi) is 4.11. The molecule has 0 atom stereocenters. The lowest BCUT2D eigenvalue weighted by Gasteiger charge is -2.02. The second-order valence-corrected chi connectivity index (χ2v) is 5.28. The number of hydrogen-bond donors (Lipinski definition) is 0. The first-order valence-electron chi connectivity index (χ1n) is 7.34. The summed E-state index contributed by atoms with van der Waals surface area (Å²) in [5.74, 6) is 1.85. The smallest absolute Gasteiger partial charge is 0.134 e. The molecule has 2 aromatic carbocycles. The van der Waals surface area contributed by atoms with Gasteiger partial charge in [0, 0.05) is 11.8 Å². The zero-order valence-corrected chi connectivity index (χ0v) is 12.5. The van der Waals surface area contributed by atoms with E-state index in [1.165, 1.54) is 5.56 Å². The Morgan fingerprint density at radius 1 is 1.05 bits per heavy atom. The summed E-state index contributed by atoms with van der Waals surface area (Å²) in [5.41, 5.74) is 2.81. The molecule has 0 fully saturated rings. The molecule has 3 heteroatoms. The molecule has 3 rings (SSSR count). The van der Waals surface area contributed by atoms with Crippen molar-refractivity contribution in [2.75, 3.05) is 7.11 Å². The molecule has 3 nitrogen and oxygen atoms in total. The predicted octanol–water partition coefficient (Wildman–Crippen LogP) is 4.49. The number of nitriles is 1. The van der Waals surface area contributed by atoms with Crippen molar-refractivity contribution in [2.45, 2.75) is 19.3 Å². The van der Waals surface area contributed by atoms with Crippen molar-refractivity contribution in [3.8, 4) is 11.8 Å². The summed E-state index contributed by atoms with van der Waals surface area (Å²) in [4.78, 5) is 0. The summed E-state index contributed by atoms with van der Waals surface area (Å²) in [6, 6.07) is 17.9. The van der Waals surface area contributed by atoms with Gasteiger partial charge in [-0.25, -0.2) is 0 Å². The fraction of sp³-hybridized carbons (Fsp3) is 0.211. The fourth-order valence-corrected chi connectivity index (χ4v) is 2.55. The highest BCUT2D eigenvalue weighted by Gasteiger charge is 2.05. The standard InChI is InChI=1S/C19H17NO2/c1-21-17-8-5-14(6-9-17)3-2-4-18-12-16-11-15(13-20)7-10-19(16)22-18/h5-12H,2-4H2,1H3. The van der Waals surface area contributed by atoms with Crippen LogP contribution in [0.5, 0.6) is 5.75 Å². The Labute approximate surface area is 129 Å². The number of benzene rings is 2. The summed E-state index contributed by atoms with van der Waals surface area (Å²) < 4.78 is 11.0. The van der Waals surface area contributed by atoms with Crippen molar-refractivity contribution < 1.29 is 9.15 Å². The van der Waals surface area contributed by atoms with E-state index in [4.69, 9.17) is 14.4 Å². The second-order valence-electron chi connectivity index (χ2n) is 5.28. The highest BCUT2D eigenvalue weighted by Crippen LogP contribution is 2.22. The van der Waals surface area contributed by atoms with Crippen LogP contribution in [0.1, 0.15) is 23.3 Å². The topological polar surface area (TPSA) is 46.2 Å². The average molecular weight is 291 g/mol. The van der Waals surface area contributed by atoms with E-state index < -0.39 is 0 Å². The average Bonchev–Trinajstić information content (AvgIpc) is 2.97. The molecule has 1 aromatic heterocycles. The molecule has 0 radical (unpaired) electrons. The van der Waals surface area contributed by atoms with Gasteiger partial charge in [0.25, 0.3) is 0 Å². The molecule has 0 unspecified atom stereocenters. The van der Waals surface area contributed by atoms with E-state index in [9.17, 15) is 0 Å². The lowest BCUT2D eigenvalue weighted by Crippen LogP contribution is -1.89. The van der Waals surface area contributed by atoms with Gasteiger partial charge in [-0.2, -0.15) is 5.26 Å². The van der Waals surface area contributed by atoms with Gasteiger partial charge in [-0.15, -0.1) is 0 Å². The number of fused-ring (bicyclic) bond motifs is 1. The van der Waals surface area contributed by atoms with Crippen LogP contribution in [0.3, 0.4) is 0 Å². The number of furan rings is 1. The van der Waals surface area contributed by atoms with Gasteiger partial charge in [-0.3, -0.25) is 0 Å². The van der Waals surface area contributed by atoms with Crippen LogP contribution in [0.4, 0.5) is 0 Å². The molecular formula is C19H17NO2. The molecule has 1 heterocycles. The minimum Gasteiger partial charge on any atom is -0.497 e. The predicted molar refractivity (Wildman–Crippen MR) is 85.9 cm³/mol. The molecule has 0 saturated carbocycles. The van der Waals surface area contributed by atoms with E-state index in [2.05, 4.69) is 18.2 Å². The van der Waals surface area contributed by atoms with Crippen LogP contribution in [-0.4, -0.2) is 7.11 Å². The van der Waals surface area contributed by atoms with Gasteiger partial charge in [0.2, 0.25) is 0 Å². The van der Waals surface area contributed by atoms with Gasteiger partial charge < -0.3 is 9.15 Å². The van der Waals surface area contributed by atoms with Gasteiger partial charge in [0.05, 0.1) is 18.7 Å². The third-order valence-corrected chi connectivity index (χ3v) is 3.74. The van der Waals surface area contributed by atoms with Gasteiger partial charge in [-0.1, -0.05) is 12.1 Å². The molecule has 0 aliphatic heterocycles. The highest BCUT2D eigenvalue weighted by molar-refractivity contribution is 5.79. The lowest BCUT2D eigenvalue weighted by atomic mass is 10.1. The van der Waals surface area contributed by atoms with E-state index >= 15 is 0 Å². The highest BCUT2D eigenvalue weighted by atomic mass is 16.5. The van der Waals surface area contributed by atoms with Crippen LogP contribution in [0.15, 0.2) is 52.9 Å². The Bertz CT molecular complexity index is 810. The third kappa shape index (κ3) is 3.12. The van der Waals surface area contributed by atoms with Gasteiger partial charge in [-0.05, 0) is 54.8 Å². The maximum atomic E-state index is 8.92. The van der Waals surface area contributed by atoms with Crippen LogP contribution in [0, 0.1) is 11.3 Å². The largest absolute Gasteiger partial charge is 0.497 e. The lowest BCUT2D eigenvalue weighted by molar-refractivity contribution is 0.414. The first-order chi connectivity index (χ1) is 10.8. The van der Waals surface area contributed by atoms with Crippen molar-refractivity contribution in [3.63, 3.8) is 0 Å². The molecule has 0 spiro atoms. The van der Waals surface area contributed by atoms with E-state index in [0.29, 0.717) is 5.56 Å². The molecule has 0 amide bonds. The number of aryl methyl sites for hydroxylation is 2.